The van der Waals surface area contributed by atoms with Crippen LogP contribution in [0.15, 0.2) is 36.4 Å². The van der Waals surface area contributed by atoms with Gasteiger partial charge in [-0.1, -0.05) is 35.9 Å². The number of amides is 1. The number of benzene rings is 2. The molecule has 1 N–H and O–H groups in total. The van der Waals surface area contributed by atoms with Crippen molar-refractivity contribution in [1.82, 2.24) is 9.62 Å². The molecule has 0 unspecified atom stereocenters. The lowest BCUT2D eigenvalue weighted by Gasteiger charge is -2.26. The van der Waals surface area contributed by atoms with Crippen LogP contribution in [-0.2, 0) is 27.1 Å². The molecule has 2 aliphatic heterocycles. The van der Waals surface area contributed by atoms with Crippen LogP contribution in [0.5, 0.6) is 11.5 Å². The quantitative estimate of drug-likeness (QED) is 0.701. The maximum Gasteiger partial charge on any atom is 0.251 e. The predicted octanol–water partition coefficient (Wildman–Crippen LogP) is 2.20. The molecule has 1 fully saturated rings. The van der Waals surface area contributed by atoms with Gasteiger partial charge in [0, 0.05) is 25.2 Å². The summed E-state index contributed by atoms with van der Waals surface area (Å²) in [6, 6.07) is 10.3. The van der Waals surface area contributed by atoms with Gasteiger partial charge in [-0.05, 0) is 23.3 Å². The molecule has 0 saturated carbocycles. The first-order valence-corrected chi connectivity index (χ1v) is 11.9. The number of halogens is 1. The molecular weight excluding hydrogens is 444 g/mol. The lowest BCUT2D eigenvalue weighted by molar-refractivity contribution is 0.0729. The molecule has 1 amide bonds. The summed E-state index contributed by atoms with van der Waals surface area (Å²) in [4.78, 5) is 12.7. The molecule has 0 spiro atoms. The lowest BCUT2D eigenvalue weighted by Crippen LogP contribution is -2.41. The van der Waals surface area contributed by atoms with Crippen molar-refractivity contribution < 1.29 is 27.4 Å². The zero-order valence-electron chi connectivity index (χ0n) is 16.8. The minimum Gasteiger partial charge on any atom is -0.486 e. The Morgan fingerprint density at radius 3 is 2.52 bits per heavy atom. The number of carbonyl (C=O) groups excluding carboxylic acids is 1. The van der Waals surface area contributed by atoms with Gasteiger partial charge in [-0.3, -0.25) is 4.79 Å². The second-order valence-corrected chi connectivity index (χ2v) is 9.58. The second kappa shape index (κ2) is 9.44. The van der Waals surface area contributed by atoms with Gasteiger partial charge in [0.15, 0.2) is 11.5 Å². The van der Waals surface area contributed by atoms with Crippen LogP contribution in [0.2, 0.25) is 5.02 Å². The Kier molecular flexibility index (Phi) is 6.66. The number of carbonyl (C=O) groups is 1. The normalized spacial score (nSPS) is 16.7. The van der Waals surface area contributed by atoms with Crippen LogP contribution in [-0.4, -0.2) is 58.1 Å². The minimum absolute atomic E-state index is 0.130. The highest BCUT2D eigenvalue weighted by Gasteiger charge is 2.25. The first kappa shape index (κ1) is 21.9. The SMILES string of the molecule is O=C(NCc1ccccc1CS(=O)(=O)N1CCOCC1)c1cc(Cl)c2c(c1)OCCO2. The van der Waals surface area contributed by atoms with Crippen molar-refractivity contribution in [3.05, 3.63) is 58.1 Å². The Balaban J connectivity index is 1.46. The minimum atomic E-state index is -3.47. The average molecular weight is 467 g/mol. The number of ether oxygens (including phenoxy) is 3. The van der Waals surface area contributed by atoms with Gasteiger partial charge in [0.05, 0.1) is 24.0 Å². The van der Waals surface area contributed by atoms with Crippen LogP contribution in [0.3, 0.4) is 0 Å². The van der Waals surface area contributed by atoms with Crippen molar-refractivity contribution in [3.8, 4) is 11.5 Å². The number of hydrogen-bond donors (Lipinski definition) is 1. The Hall–Kier alpha value is -2.33. The van der Waals surface area contributed by atoms with E-state index in [0.717, 1.165) is 5.56 Å². The molecule has 2 heterocycles. The fourth-order valence-corrected chi connectivity index (χ4v) is 5.33. The maximum atomic E-state index is 12.8. The molecular formula is C21H23ClN2O6S. The van der Waals surface area contributed by atoms with Crippen LogP contribution in [0.25, 0.3) is 0 Å². The molecule has 4 rings (SSSR count). The highest BCUT2D eigenvalue weighted by atomic mass is 35.5. The van der Waals surface area contributed by atoms with Gasteiger partial charge in [0.25, 0.3) is 5.91 Å². The Morgan fingerprint density at radius 1 is 1.03 bits per heavy atom. The summed E-state index contributed by atoms with van der Waals surface area (Å²) >= 11 is 6.21. The number of morpholine rings is 1. The standard InChI is InChI=1S/C21H23ClN2O6S/c22-18-11-17(12-19-20(18)30-10-9-29-19)21(25)23-13-15-3-1-2-4-16(15)14-31(26,27)24-5-7-28-8-6-24/h1-4,11-12H,5-10,13-14H2,(H,23,25). The van der Waals surface area contributed by atoms with Gasteiger partial charge < -0.3 is 19.5 Å². The molecule has 0 atom stereocenters. The topological polar surface area (TPSA) is 94.2 Å². The van der Waals surface area contributed by atoms with E-state index in [2.05, 4.69) is 5.32 Å². The summed E-state index contributed by atoms with van der Waals surface area (Å²) in [5.74, 6) is 0.392. The van der Waals surface area contributed by atoms with Crippen LogP contribution in [0.4, 0.5) is 0 Å². The molecule has 31 heavy (non-hydrogen) atoms. The maximum absolute atomic E-state index is 12.8. The smallest absolute Gasteiger partial charge is 0.251 e. The number of fused-ring (bicyclic) bond motifs is 1. The van der Waals surface area contributed by atoms with E-state index in [-0.39, 0.29) is 18.2 Å². The van der Waals surface area contributed by atoms with Gasteiger partial charge in [0.2, 0.25) is 10.0 Å². The summed E-state index contributed by atoms with van der Waals surface area (Å²) < 4.78 is 43.2. The van der Waals surface area contributed by atoms with E-state index in [1.807, 2.05) is 6.07 Å². The van der Waals surface area contributed by atoms with Crippen LogP contribution >= 0.6 is 11.6 Å². The molecule has 2 aromatic carbocycles. The van der Waals surface area contributed by atoms with E-state index in [4.69, 9.17) is 25.8 Å². The van der Waals surface area contributed by atoms with Gasteiger partial charge in [-0.2, -0.15) is 4.31 Å². The predicted molar refractivity (Wildman–Crippen MR) is 115 cm³/mol. The molecule has 10 heteroatoms. The third-order valence-corrected chi connectivity index (χ3v) is 7.23. The highest BCUT2D eigenvalue weighted by molar-refractivity contribution is 7.88. The highest BCUT2D eigenvalue weighted by Crippen LogP contribution is 2.38. The molecule has 0 aromatic heterocycles. The van der Waals surface area contributed by atoms with E-state index >= 15 is 0 Å². The van der Waals surface area contributed by atoms with Gasteiger partial charge in [0.1, 0.15) is 13.2 Å². The number of nitrogens with one attached hydrogen (secondary N) is 1. The monoisotopic (exact) mass is 466 g/mol. The third kappa shape index (κ3) is 5.12. The summed E-state index contributed by atoms with van der Waals surface area (Å²) in [5, 5.41) is 3.14. The fourth-order valence-electron chi connectivity index (χ4n) is 3.50. The fraction of sp³-hybridized carbons (Fsp3) is 0.381. The van der Waals surface area contributed by atoms with Crippen LogP contribution in [0.1, 0.15) is 21.5 Å². The average Bonchev–Trinajstić information content (AvgIpc) is 2.78. The molecule has 0 bridgehead atoms. The molecule has 1 saturated heterocycles. The summed E-state index contributed by atoms with van der Waals surface area (Å²) in [6.45, 7) is 2.48. The molecule has 166 valence electrons. The lowest BCUT2D eigenvalue weighted by atomic mass is 10.1. The molecule has 0 aliphatic carbocycles. The van der Waals surface area contributed by atoms with E-state index in [0.29, 0.717) is 67.2 Å². The molecule has 2 aliphatic rings. The van der Waals surface area contributed by atoms with Gasteiger partial charge in [-0.15, -0.1) is 0 Å². The molecule has 8 nitrogen and oxygen atoms in total. The van der Waals surface area contributed by atoms with Crippen molar-refractivity contribution in [1.29, 1.82) is 0 Å². The first-order chi connectivity index (χ1) is 14.9. The van der Waals surface area contributed by atoms with Gasteiger partial charge in [-0.25, -0.2) is 8.42 Å². The number of hydrogen-bond acceptors (Lipinski definition) is 6. The van der Waals surface area contributed by atoms with Crippen LogP contribution in [0, 0.1) is 0 Å². The zero-order chi connectivity index (χ0) is 21.8. The van der Waals surface area contributed by atoms with E-state index < -0.39 is 10.0 Å². The zero-order valence-corrected chi connectivity index (χ0v) is 18.4. The molecule has 0 radical (unpaired) electrons. The van der Waals surface area contributed by atoms with E-state index in [1.54, 1.807) is 24.3 Å². The summed E-state index contributed by atoms with van der Waals surface area (Å²) in [6.07, 6.45) is 0. The van der Waals surface area contributed by atoms with Crippen molar-refractivity contribution in [2.24, 2.45) is 0 Å². The Morgan fingerprint density at radius 2 is 1.74 bits per heavy atom. The number of rotatable bonds is 6. The first-order valence-electron chi connectivity index (χ1n) is 9.94. The van der Waals surface area contributed by atoms with Gasteiger partial charge >= 0.3 is 0 Å². The number of nitrogens with zero attached hydrogens (tertiary/aromatic N) is 1. The van der Waals surface area contributed by atoms with Crippen molar-refractivity contribution >= 4 is 27.5 Å². The second-order valence-electron chi connectivity index (χ2n) is 7.20. The summed E-state index contributed by atoms with van der Waals surface area (Å²) in [5.41, 5.74) is 1.72. The van der Waals surface area contributed by atoms with Crippen molar-refractivity contribution in [3.63, 3.8) is 0 Å². The Labute approximate surface area is 186 Å². The Bertz CT molecular complexity index is 1070. The van der Waals surface area contributed by atoms with E-state index in [9.17, 15) is 13.2 Å². The van der Waals surface area contributed by atoms with Crippen molar-refractivity contribution in [2.45, 2.75) is 12.3 Å². The van der Waals surface area contributed by atoms with E-state index in [1.165, 1.54) is 10.4 Å². The largest absolute Gasteiger partial charge is 0.486 e. The molecule has 2 aromatic rings. The van der Waals surface area contributed by atoms with Crippen molar-refractivity contribution in [2.75, 3.05) is 39.5 Å². The van der Waals surface area contributed by atoms with Crippen LogP contribution < -0.4 is 14.8 Å². The summed E-state index contributed by atoms with van der Waals surface area (Å²) in [7, 11) is -3.47. The number of sulfonamides is 1. The third-order valence-electron chi connectivity index (χ3n) is 5.12.